The third kappa shape index (κ3) is 4.64. The van der Waals surface area contributed by atoms with E-state index >= 15 is 0 Å². The van der Waals surface area contributed by atoms with Gasteiger partial charge in [0.2, 0.25) is 0 Å². The van der Waals surface area contributed by atoms with Crippen LogP contribution in [0, 0.1) is 32.7 Å². The summed E-state index contributed by atoms with van der Waals surface area (Å²) in [6.07, 6.45) is -11.9. The Morgan fingerprint density at radius 2 is 0.885 bits per heavy atom. The summed E-state index contributed by atoms with van der Waals surface area (Å²) in [5.74, 6) is -20.9. The fraction of sp³-hybridized carbons (Fsp3) is 0.200. The van der Waals surface area contributed by atoms with Crippen molar-refractivity contribution in [2.24, 2.45) is 0 Å². The predicted molar refractivity (Wildman–Crippen MR) is 63.2 cm³/mol. The molecule has 0 aromatic heterocycles. The third-order valence-corrected chi connectivity index (χ3v) is 5.48. The van der Waals surface area contributed by atoms with Crippen molar-refractivity contribution in [3.05, 3.63) is 32.7 Å². The van der Waals surface area contributed by atoms with E-state index < -0.39 is 77.6 Å². The minimum atomic E-state index is -5.94. The molecule has 0 heterocycles. The zero-order valence-electron chi connectivity index (χ0n) is 11.2. The topological polar surface area (TPSA) is 52.6 Å². The summed E-state index contributed by atoms with van der Waals surface area (Å²) in [6.45, 7) is 0. The van der Waals surface area contributed by atoms with Crippen LogP contribution in [0.1, 0.15) is 0 Å². The van der Waals surface area contributed by atoms with Crippen LogP contribution in [0.3, 0.4) is 0 Å². The number of rotatable bonds is 3. The average Bonchev–Trinajstić information content (AvgIpc) is 2.49. The molecule has 1 aromatic rings. The van der Waals surface area contributed by atoms with E-state index in [-0.39, 0.29) is 0 Å². The summed E-state index contributed by atoms with van der Waals surface area (Å²) in [5, 5.41) is 0. The fourth-order valence-corrected chi connectivity index (χ4v) is 4.02. The van der Waals surface area contributed by atoms with E-state index in [4.69, 9.17) is 0 Å². The summed E-state index contributed by atoms with van der Waals surface area (Å²) in [6, 6.07) is 0. The first kappa shape index (κ1) is 22.2. The van der Waals surface area contributed by atoms with Gasteiger partial charge in [-0.05, 0) is 0 Å². The first-order valence-corrected chi connectivity index (χ1v) is 8.23. The fourth-order valence-electron chi connectivity index (χ4n) is 1.02. The van der Waals surface area contributed by atoms with Gasteiger partial charge in [-0.1, -0.05) is 0 Å². The Morgan fingerprint density at radius 3 is 1.15 bits per heavy atom. The third-order valence-electron chi connectivity index (χ3n) is 2.05. The van der Waals surface area contributed by atoms with Crippen molar-refractivity contribution in [1.29, 1.82) is 0 Å². The Bertz CT molecular complexity index is 685. The van der Waals surface area contributed by atoms with Crippen LogP contribution in [-0.4, -0.2) is 24.3 Å². The normalized spacial score (nSPS) is 12.7. The van der Waals surface area contributed by atoms with E-state index in [2.05, 4.69) is 6.13 Å². The minimum absolute atomic E-state index is 2.40. The van der Waals surface area contributed by atoms with Gasteiger partial charge in [0, 0.05) is 0 Å². The number of halogens is 12. The van der Waals surface area contributed by atoms with Gasteiger partial charge in [-0.15, -0.1) is 0 Å². The molecule has 0 unspecified atom stereocenters. The van der Waals surface area contributed by atoms with Crippen LogP contribution in [0.4, 0.5) is 48.3 Å². The molecule has 1 aromatic carbocycles. The Morgan fingerprint density at radius 1 is 0.615 bits per heavy atom. The molecule has 0 saturated carbocycles. The van der Waals surface area contributed by atoms with Crippen molar-refractivity contribution < 1.29 is 64.0 Å². The molecule has 0 aliphatic carbocycles. The van der Waals surface area contributed by atoms with Crippen LogP contribution in [0.2, 0.25) is 0 Å². The summed E-state index contributed by atoms with van der Waals surface area (Å²) in [4.78, 5) is 21.3. The Balaban J connectivity index is 3.51. The van der Waals surface area contributed by atoms with Crippen LogP contribution >= 0.6 is 20.6 Å². The van der Waals surface area contributed by atoms with Crippen molar-refractivity contribution in [3.8, 4) is 0 Å². The maximum absolute atomic E-state index is 13.5. The summed E-state index contributed by atoms with van der Waals surface area (Å²) in [7, 11) is 0. The molecule has 0 N–H and O–H groups in total. The van der Waals surface area contributed by atoms with Gasteiger partial charge < -0.3 is 0 Å². The molecule has 0 aliphatic heterocycles. The maximum atomic E-state index is 13.5. The van der Waals surface area contributed by atoms with Crippen molar-refractivity contribution >= 4 is 32.6 Å². The molecule has 148 valence electrons. The molecule has 1 rings (SSSR count). The van der Waals surface area contributed by atoms with Gasteiger partial charge >= 0.3 is 142 Å². The average molecular weight is 520 g/mol. The van der Waals surface area contributed by atoms with Crippen molar-refractivity contribution in [1.82, 2.24) is 0 Å². The van der Waals surface area contributed by atoms with Gasteiger partial charge in [0.1, 0.15) is 0 Å². The zero-order valence-corrected chi connectivity index (χ0v) is 13.3. The van der Waals surface area contributed by atoms with Crippen molar-refractivity contribution in [2.75, 3.05) is 0 Å². The number of benzene rings is 1. The van der Waals surface area contributed by atoms with E-state index in [1.807, 2.05) is 0 Å². The van der Waals surface area contributed by atoms with Crippen LogP contribution < -0.4 is 0 Å². The molecule has 4 nitrogen and oxygen atoms in total. The second kappa shape index (κ2) is 7.39. The van der Waals surface area contributed by atoms with Crippen LogP contribution in [-0.2, 0) is 15.7 Å². The quantitative estimate of drug-likeness (QED) is 0.261. The standard InChI is InChI=1S/C10F11IO4/c11-1-2(12)4(14)6(5(15)3(1)13)22(25-7(23)9(16,17)18)26-8(24)10(19,20)21. The van der Waals surface area contributed by atoms with Gasteiger partial charge in [-0.2, -0.15) is 0 Å². The molecule has 0 atom stereocenters. The zero-order chi connectivity index (χ0) is 20.6. The van der Waals surface area contributed by atoms with Crippen molar-refractivity contribution in [3.63, 3.8) is 0 Å². The predicted octanol–water partition coefficient (Wildman–Crippen LogP) is 4.10. The van der Waals surface area contributed by atoms with Gasteiger partial charge in [0.15, 0.2) is 0 Å². The molecule has 0 amide bonds. The SMILES string of the molecule is O=C(OI(OC(=O)C(F)(F)F)c1c(F)c(F)c(F)c(F)c1F)C(F)(F)F. The Hall–Kier alpha value is -1.88. The molecule has 0 bridgehead atoms. The van der Waals surface area contributed by atoms with E-state index in [1.165, 1.54) is 0 Å². The van der Waals surface area contributed by atoms with E-state index in [0.717, 1.165) is 0 Å². The second-order valence-electron chi connectivity index (χ2n) is 3.83. The van der Waals surface area contributed by atoms with Crippen LogP contribution in [0.15, 0.2) is 0 Å². The summed E-state index contributed by atoms with van der Waals surface area (Å²) in [5.41, 5.74) is 0. The molecule has 0 fully saturated rings. The van der Waals surface area contributed by atoms with Crippen molar-refractivity contribution in [2.45, 2.75) is 12.4 Å². The molecular formula is C10F11IO4. The number of hydrogen-bond donors (Lipinski definition) is 0. The molecule has 0 spiro atoms. The molecule has 16 heteroatoms. The molecule has 26 heavy (non-hydrogen) atoms. The van der Waals surface area contributed by atoms with Gasteiger partial charge in [-0.3, -0.25) is 0 Å². The van der Waals surface area contributed by atoms with Gasteiger partial charge in [-0.25, -0.2) is 0 Å². The van der Waals surface area contributed by atoms with Crippen LogP contribution in [0.5, 0.6) is 0 Å². The van der Waals surface area contributed by atoms with E-state index in [1.54, 1.807) is 0 Å². The molecule has 0 saturated heterocycles. The second-order valence-corrected chi connectivity index (χ2v) is 7.03. The number of hydrogen-bond acceptors (Lipinski definition) is 4. The first-order valence-electron chi connectivity index (χ1n) is 5.39. The van der Waals surface area contributed by atoms with Crippen LogP contribution in [0.25, 0.3) is 0 Å². The Labute approximate surface area is 142 Å². The molecule has 0 radical (unpaired) electrons. The van der Waals surface area contributed by atoms with Gasteiger partial charge in [0.05, 0.1) is 0 Å². The van der Waals surface area contributed by atoms with Gasteiger partial charge in [0.25, 0.3) is 0 Å². The monoisotopic (exact) mass is 520 g/mol. The van der Waals surface area contributed by atoms with E-state index in [9.17, 15) is 57.9 Å². The number of alkyl halides is 6. The number of carbonyl (C=O) groups is 2. The molecular weight excluding hydrogens is 520 g/mol. The first-order chi connectivity index (χ1) is 11.6. The summed E-state index contributed by atoms with van der Waals surface area (Å²) < 4.78 is 143. The Kier molecular flexibility index (Phi) is 6.30. The molecule has 0 aliphatic rings. The number of carbonyl (C=O) groups excluding carboxylic acids is 2. The summed E-state index contributed by atoms with van der Waals surface area (Å²) >= 11 is -5.82. The van der Waals surface area contributed by atoms with E-state index in [0.29, 0.717) is 0 Å².